The molecule has 4 rings (SSSR count). The lowest BCUT2D eigenvalue weighted by Gasteiger charge is -2.17. The monoisotopic (exact) mass is 504 g/mol. The maximum absolute atomic E-state index is 13.2. The van der Waals surface area contributed by atoms with Gasteiger partial charge in [-0.2, -0.15) is 0 Å². The highest BCUT2D eigenvalue weighted by Gasteiger charge is 2.23. The molecule has 0 aliphatic heterocycles. The zero-order valence-corrected chi connectivity index (χ0v) is 20.8. The molecule has 1 aromatic heterocycles. The molecule has 3 aromatic carbocycles. The van der Waals surface area contributed by atoms with Crippen LogP contribution in [0, 0.1) is 13.8 Å². The third kappa shape index (κ3) is 6.46. The average molecular weight is 505 g/mol. The van der Waals surface area contributed by atoms with Crippen molar-refractivity contribution in [1.29, 1.82) is 0 Å². The fourth-order valence-corrected chi connectivity index (χ4v) is 5.40. The van der Waals surface area contributed by atoms with Crippen molar-refractivity contribution in [2.24, 2.45) is 0 Å². The second-order valence-electron chi connectivity index (χ2n) is 7.82. The number of hydrogen-bond acceptors (Lipinski definition) is 6. The summed E-state index contributed by atoms with van der Waals surface area (Å²) in [6, 6.07) is 27.0. The molecule has 35 heavy (non-hydrogen) atoms. The van der Waals surface area contributed by atoms with Crippen molar-refractivity contribution in [3.63, 3.8) is 0 Å². The fourth-order valence-electron chi connectivity index (χ4n) is 3.41. The van der Waals surface area contributed by atoms with Crippen LogP contribution in [0.3, 0.4) is 0 Å². The maximum atomic E-state index is 13.2. The van der Waals surface area contributed by atoms with Gasteiger partial charge in [0, 0.05) is 22.0 Å². The van der Waals surface area contributed by atoms with Crippen LogP contribution in [-0.2, 0) is 14.8 Å². The van der Waals surface area contributed by atoms with Crippen molar-refractivity contribution in [2.45, 2.75) is 28.9 Å². The predicted octanol–water partition coefficient (Wildman–Crippen LogP) is 5.37. The van der Waals surface area contributed by atoms with Gasteiger partial charge in [0.25, 0.3) is 10.0 Å². The van der Waals surface area contributed by atoms with E-state index in [1.807, 2.05) is 60.7 Å². The maximum Gasteiger partial charge on any atom is 0.264 e. The van der Waals surface area contributed by atoms with Gasteiger partial charge in [0.05, 0.1) is 4.90 Å². The minimum Gasteiger partial charge on any atom is -0.325 e. The van der Waals surface area contributed by atoms with Crippen molar-refractivity contribution in [2.75, 3.05) is 10.0 Å². The molecule has 0 aliphatic carbocycles. The third-order valence-corrected chi connectivity index (χ3v) is 7.59. The van der Waals surface area contributed by atoms with Gasteiger partial charge in [-0.25, -0.2) is 23.1 Å². The van der Waals surface area contributed by atoms with Crippen LogP contribution in [0.2, 0.25) is 0 Å². The van der Waals surface area contributed by atoms with Gasteiger partial charge in [-0.05, 0) is 61.9 Å². The van der Waals surface area contributed by atoms with E-state index < -0.39 is 15.3 Å². The van der Waals surface area contributed by atoms with Gasteiger partial charge in [0.1, 0.15) is 5.25 Å². The number of nitrogens with one attached hydrogen (secondary N) is 2. The summed E-state index contributed by atoms with van der Waals surface area (Å²) in [7, 11) is -3.88. The highest BCUT2D eigenvalue weighted by molar-refractivity contribution is 8.00. The number of nitrogens with zero attached hydrogens (tertiary/aromatic N) is 2. The standard InChI is InChI=1S/C26H24N4O3S2/c1-18-17-19(2)28-26(27-18)30-35(32,33)23-15-13-21(14-16-23)29-25(31)24(20-9-5-3-6-10-20)34-22-11-7-4-8-12-22/h3-17,24H,1-2H3,(H,29,31)(H,27,28,30). The lowest BCUT2D eigenvalue weighted by atomic mass is 10.1. The Morgan fingerprint density at radius 2 is 1.40 bits per heavy atom. The molecular weight excluding hydrogens is 480 g/mol. The Bertz CT molecular complexity index is 1390. The van der Waals surface area contributed by atoms with Gasteiger partial charge in [-0.15, -0.1) is 11.8 Å². The summed E-state index contributed by atoms with van der Waals surface area (Å²) >= 11 is 1.45. The Kier molecular flexibility index (Phi) is 7.48. The first kappa shape index (κ1) is 24.4. The molecule has 178 valence electrons. The fraction of sp³-hybridized carbons (Fsp3) is 0.115. The zero-order chi connectivity index (χ0) is 24.8. The largest absolute Gasteiger partial charge is 0.325 e. The predicted molar refractivity (Wildman–Crippen MR) is 139 cm³/mol. The van der Waals surface area contributed by atoms with Crippen molar-refractivity contribution in [1.82, 2.24) is 9.97 Å². The van der Waals surface area contributed by atoms with Gasteiger partial charge in [-0.1, -0.05) is 48.5 Å². The van der Waals surface area contributed by atoms with Gasteiger partial charge in [-0.3, -0.25) is 4.79 Å². The second-order valence-corrected chi connectivity index (χ2v) is 10.7. The van der Waals surface area contributed by atoms with Crippen molar-refractivity contribution in [3.8, 4) is 0 Å². The SMILES string of the molecule is Cc1cc(C)nc(NS(=O)(=O)c2ccc(NC(=O)C(Sc3ccccc3)c3ccccc3)cc2)n1. The number of aryl methyl sites for hydroxylation is 2. The van der Waals surface area contributed by atoms with E-state index in [1.54, 1.807) is 32.0 Å². The number of hydrogen-bond donors (Lipinski definition) is 2. The molecule has 1 amide bonds. The van der Waals surface area contributed by atoms with Crippen LogP contribution in [0.25, 0.3) is 0 Å². The number of anilines is 2. The van der Waals surface area contributed by atoms with Crippen LogP contribution < -0.4 is 10.0 Å². The minimum absolute atomic E-state index is 0.0171. The summed E-state index contributed by atoms with van der Waals surface area (Å²) in [4.78, 5) is 22.5. The lowest BCUT2D eigenvalue weighted by molar-refractivity contribution is -0.115. The molecular formula is C26H24N4O3S2. The topological polar surface area (TPSA) is 101 Å². The van der Waals surface area contributed by atoms with E-state index in [9.17, 15) is 13.2 Å². The van der Waals surface area contributed by atoms with E-state index in [0.717, 1.165) is 10.5 Å². The van der Waals surface area contributed by atoms with Crippen molar-refractivity contribution < 1.29 is 13.2 Å². The number of thioether (sulfide) groups is 1. The molecule has 0 radical (unpaired) electrons. The first-order valence-electron chi connectivity index (χ1n) is 10.8. The third-order valence-electron chi connectivity index (χ3n) is 4.98. The highest BCUT2D eigenvalue weighted by atomic mass is 32.2. The number of amides is 1. The smallest absolute Gasteiger partial charge is 0.264 e. The van der Waals surface area contributed by atoms with Gasteiger partial charge < -0.3 is 5.32 Å². The van der Waals surface area contributed by atoms with E-state index >= 15 is 0 Å². The lowest BCUT2D eigenvalue weighted by Crippen LogP contribution is -2.19. The van der Waals surface area contributed by atoms with Gasteiger partial charge in [0.2, 0.25) is 11.9 Å². The Morgan fingerprint density at radius 3 is 2.00 bits per heavy atom. The van der Waals surface area contributed by atoms with Gasteiger partial charge in [0.15, 0.2) is 0 Å². The number of rotatable bonds is 8. The van der Waals surface area contributed by atoms with E-state index in [2.05, 4.69) is 20.0 Å². The first-order valence-corrected chi connectivity index (χ1v) is 13.2. The van der Waals surface area contributed by atoms with E-state index in [4.69, 9.17) is 0 Å². The summed E-state index contributed by atoms with van der Waals surface area (Å²) in [6.45, 7) is 3.53. The number of carbonyl (C=O) groups excluding carboxylic acids is 1. The molecule has 0 aliphatic rings. The molecule has 1 atom stereocenters. The molecule has 2 N–H and O–H groups in total. The van der Waals surface area contributed by atoms with Crippen LogP contribution in [0.4, 0.5) is 11.6 Å². The molecule has 0 bridgehead atoms. The molecule has 9 heteroatoms. The number of sulfonamides is 1. The average Bonchev–Trinajstić information content (AvgIpc) is 2.83. The Balaban J connectivity index is 1.50. The molecule has 1 heterocycles. The summed E-state index contributed by atoms with van der Waals surface area (Å²) < 4.78 is 27.9. The highest BCUT2D eigenvalue weighted by Crippen LogP contribution is 2.36. The summed E-state index contributed by atoms with van der Waals surface area (Å²) in [5, 5.41) is 2.42. The molecule has 0 saturated heterocycles. The van der Waals surface area contributed by atoms with E-state index in [-0.39, 0.29) is 16.8 Å². The van der Waals surface area contributed by atoms with Crippen molar-refractivity contribution >= 4 is 39.3 Å². The van der Waals surface area contributed by atoms with Crippen molar-refractivity contribution in [3.05, 3.63) is 108 Å². The van der Waals surface area contributed by atoms with Crippen LogP contribution in [0.15, 0.2) is 101 Å². The van der Waals surface area contributed by atoms with Crippen LogP contribution in [0.5, 0.6) is 0 Å². The number of benzene rings is 3. The van der Waals surface area contributed by atoms with E-state index in [1.165, 1.54) is 23.9 Å². The summed E-state index contributed by atoms with van der Waals surface area (Å²) in [5.74, 6) is -0.189. The second kappa shape index (κ2) is 10.7. The number of carbonyl (C=O) groups is 1. The van der Waals surface area contributed by atoms with E-state index in [0.29, 0.717) is 17.1 Å². The zero-order valence-electron chi connectivity index (χ0n) is 19.2. The summed E-state index contributed by atoms with van der Waals surface area (Å²) in [5.41, 5.74) is 2.69. The summed E-state index contributed by atoms with van der Waals surface area (Å²) in [6.07, 6.45) is 0. The van der Waals surface area contributed by atoms with Crippen LogP contribution in [0.1, 0.15) is 22.2 Å². The molecule has 0 spiro atoms. The Labute approximate surface area is 209 Å². The molecule has 4 aromatic rings. The van der Waals surface area contributed by atoms with Crippen LogP contribution >= 0.6 is 11.8 Å². The quantitative estimate of drug-likeness (QED) is 0.313. The molecule has 0 fully saturated rings. The molecule has 0 saturated carbocycles. The Hall–Kier alpha value is -3.69. The molecule has 1 unspecified atom stereocenters. The first-order chi connectivity index (χ1) is 16.8. The van der Waals surface area contributed by atoms with Gasteiger partial charge >= 0.3 is 0 Å². The number of aromatic nitrogens is 2. The normalized spacial score (nSPS) is 12.1. The minimum atomic E-state index is -3.88. The molecule has 7 nitrogen and oxygen atoms in total. The Morgan fingerprint density at radius 1 is 0.829 bits per heavy atom. The van der Waals surface area contributed by atoms with Crippen LogP contribution in [-0.4, -0.2) is 24.3 Å².